The monoisotopic (exact) mass is 524 g/mol. The van der Waals surface area contributed by atoms with Crippen LogP contribution in [0.4, 0.5) is 5.69 Å². The predicted molar refractivity (Wildman–Crippen MR) is 129 cm³/mol. The molecule has 0 aliphatic carbocycles. The molecule has 0 aliphatic rings. The SMILES string of the molecule is COc1ccc2c(c1)nnn2O.COc1ccc2nnn(O)c2c1.Cc1c([N+](=O)[O-])ccc2nnn(O)c12. The molecule has 0 fully saturated rings. The van der Waals surface area contributed by atoms with Gasteiger partial charge in [0.05, 0.1) is 24.7 Å². The molecule has 3 heterocycles. The van der Waals surface area contributed by atoms with Crippen molar-refractivity contribution in [3.63, 3.8) is 0 Å². The number of aromatic nitrogens is 9. The first kappa shape index (κ1) is 25.4. The van der Waals surface area contributed by atoms with Gasteiger partial charge in [0, 0.05) is 18.2 Å². The van der Waals surface area contributed by atoms with Crippen molar-refractivity contribution in [2.45, 2.75) is 6.92 Å². The first-order chi connectivity index (χ1) is 18.2. The smallest absolute Gasteiger partial charge is 0.274 e. The molecule has 3 aromatic carbocycles. The lowest BCUT2D eigenvalue weighted by Crippen LogP contribution is -1.97. The molecule has 0 aliphatic heterocycles. The van der Waals surface area contributed by atoms with Gasteiger partial charge in [0.15, 0.2) is 0 Å². The summed E-state index contributed by atoms with van der Waals surface area (Å²) in [5.74, 6) is 1.36. The van der Waals surface area contributed by atoms with Crippen molar-refractivity contribution < 1.29 is 30.0 Å². The van der Waals surface area contributed by atoms with Gasteiger partial charge in [0.2, 0.25) is 0 Å². The number of nitro groups is 1. The minimum atomic E-state index is -0.512. The Kier molecular flexibility index (Phi) is 6.99. The third kappa shape index (κ3) is 4.96. The second kappa shape index (κ2) is 10.5. The van der Waals surface area contributed by atoms with E-state index in [1.165, 1.54) is 19.1 Å². The first-order valence-corrected chi connectivity index (χ1v) is 10.6. The second-order valence-electron chi connectivity index (χ2n) is 7.48. The lowest BCUT2D eigenvalue weighted by Gasteiger charge is -1.97. The van der Waals surface area contributed by atoms with Crippen molar-refractivity contribution in [3.05, 3.63) is 64.2 Å². The van der Waals surface area contributed by atoms with E-state index in [-0.39, 0.29) is 11.2 Å². The highest BCUT2D eigenvalue weighted by Gasteiger charge is 2.17. The highest BCUT2D eigenvalue weighted by molar-refractivity contribution is 5.81. The minimum Gasteiger partial charge on any atom is -0.497 e. The van der Waals surface area contributed by atoms with Crippen molar-refractivity contribution in [3.8, 4) is 11.5 Å². The van der Waals surface area contributed by atoms with Gasteiger partial charge in [0.25, 0.3) is 5.69 Å². The zero-order valence-electron chi connectivity index (χ0n) is 20.1. The molecule has 196 valence electrons. The van der Waals surface area contributed by atoms with Crippen LogP contribution in [0.1, 0.15) is 5.56 Å². The highest BCUT2D eigenvalue weighted by Crippen LogP contribution is 2.24. The zero-order valence-corrected chi connectivity index (χ0v) is 20.1. The van der Waals surface area contributed by atoms with Crippen LogP contribution in [0.3, 0.4) is 0 Å². The van der Waals surface area contributed by atoms with E-state index in [9.17, 15) is 15.3 Å². The Balaban J connectivity index is 0.000000133. The third-order valence-corrected chi connectivity index (χ3v) is 5.29. The normalized spacial score (nSPS) is 10.5. The molecule has 0 atom stereocenters. The van der Waals surface area contributed by atoms with E-state index in [1.807, 2.05) is 0 Å². The van der Waals surface area contributed by atoms with Gasteiger partial charge in [-0.3, -0.25) is 10.1 Å². The molecule has 6 aromatic rings. The lowest BCUT2D eigenvalue weighted by atomic mass is 10.1. The van der Waals surface area contributed by atoms with Crippen LogP contribution >= 0.6 is 0 Å². The maximum atomic E-state index is 10.6. The molecule has 17 heteroatoms. The summed E-state index contributed by atoms with van der Waals surface area (Å²) in [6.45, 7) is 1.54. The average molecular weight is 524 g/mol. The van der Waals surface area contributed by atoms with Gasteiger partial charge in [-0.15, -0.1) is 15.3 Å². The van der Waals surface area contributed by atoms with Crippen LogP contribution in [-0.2, 0) is 0 Å². The number of rotatable bonds is 3. The molecule has 0 saturated carbocycles. The summed E-state index contributed by atoms with van der Waals surface area (Å²) in [7, 11) is 3.14. The fraction of sp³-hybridized carbons (Fsp3) is 0.143. The molecule has 3 N–H and O–H groups in total. The van der Waals surface area contributed by atoms with Gasteiger partial charge in [0.1, 0.15) is 44.6 Å². The summed E-state index contributed by atoms with van der Waals surface area (Å²) in [4.78, 5) is 12.1. The molecule has 0 saturated heterocycles. The summed E-state index contributed by atoms with van der Waals surface area (Å²) in [6.07, 6.45) is 0. The third-order valence-electron chi connectivity index (χ3n) is 5.29. The van der Waals surface area contributed by atoms with Crippen LogP contribution in [0.2, 0.25) is 0 Å². The van der Waals surface area contributed by atoms with E-state index in [1.54, 1.807) is 50.6 Å². The fourth-order valence-corrected chi connectivity index (χ4v) is 3.37. The Morgan fingerprint density at radius 2 is 1.29 bits per heavy atom. The van der Waals surface area contributed by atoms with Gasteiger partial charge in [-0.25, -0.2) is 0 Å². The number of nitrogens with zero attached hydrogens (tertiary/aromatic N) is 10. The molecule has 0 unspecified atom stereocenters. The van der Waals surface area contributed by atoms with E-state index < -0.39 is 4.92 Å². The van der Waals surface area contributed by atoms with Crippen LogP contribution in [0, 0.1) is 17.0 Å². The lowest BCUT2D eigenvalue weighted by molar-refractivity contribution is -0.385. The first-order valence-electron chi connectivity index (χ1n) is 10.6. The summed E-state index contributed by atoms with van der Waals surface area (Å²) < 4.78 is 9.94. The Morgan fingerprint density at radius 3 is 1.97 bits per heavy atom. The van der Waals surface area contributed by atoms with E-state index in [0.29, 0.717) is 49.5 Å². The Morgan fingerprint density at radius 1 is 0.737 bits per heavy atom. The number of nitro benzene ring substituents is 1. The van der Waals surface area contributed by atoms with E-state index in [4.69, 9.17) is 19.9 Å². The Bertz CT molecular complexity index is 1740. The fourth-order valence-electron chi connectivity index (χ4n) is 3.37. The van der Waals surface area contributed by atoms with Gasteiger partial charge in [-0.05, 0) is 52.9 Å². The second-order valence-corrected chi connectivity index (χ2v) is 7.48. The van der Waals surface area contributed by atoms with Crippen molar-refractivity contribution >= 4 is 38.8 Å². The van der Waals surface area contributed by atoms with Crippen molar-refractivity contribution in [2.75, 3.05) is 14.2 Å². The largest absolute Gasteiger partial charge is 0.497 e. The number of hydrogen-bond donors (Lipinski definition) is 3. The minimum absolute atomic E-state index is 0.0601. The van der Waals surface area contributed by atoms with Crippen molar-refractivity contribution in [1.82, 2.24) is 45.5 Å². The summed E-state index contributed by atoms with van der Waals surface area (Å²) >= 11 is 0. The standard InChI is InChI=1S/C7H6N4O3.2C7H7N3O2/c1-4-6(11(13)14)3-2-5-7(4)10(12)9-8-5;1-12-5-2-3-7-6(4-5)8-9-10(7)11;1-12-5-2-3-6-7(4-5)10(11)9-8-6/h2-3,12H,1H3;2*2-4,11H,1H3. The van der Waals surface area contributed by atoms with Crippen LogP contribution in [0.25, 0.3) is 33.1 Å². The van der Waals surface area contributed by atoms with E-state index in [0.717, 1.165) is 9.69 Å². The van der Waals surface area contributed by atoms with Gasteiger partial charge in [-0.1, -0.05) is 14.5 Å². The van der Waals surface area contributed by atoms with E-state index >= 15 is 0 Å². The molecule has 17 nitrogen and oxygen atoms in total. The number of benzene rings is 3. The van der Waals surface area contributed by atoms with Gasteiger partial charge in [-0.2, -0.15) is 0 Å². The molecule has 6 rings (SSSR count). The molecular formula is C21H20N10O7. The number of methoxy groups -OCH3 is 2. The Hall–Kier alpha value is -5.74. The predicted octanol–water partition coefficient (Wildman–Crippen LogP) is 2.24. The maximum Gasteiger partial charge on any atom is 0.274 e. The number of hydrogen-bond acceptors (Lipinski definition) is 13. The Labute approximate surface area is 211 Å². The summed E-state index contributed by atoms with van der Waals surface area (Å²) in [5, 5.41) is 59.2. The topological polar surface area (TPSA) is 214 Å². The molecule has 0 radical (unpaired) electrons. The van der Waals surface area contributed by atoms with Crippen molar-refractivity contribution in [2.24, 2.45) is 0 Å². The number of ether oxygens (including phenoxy) is 2. The molecule has 0 amide bonds. The van der Waals surface area contributed by atoms with Crippen molar-refractivity contribution in [1.29, 1.82) is 0 Å². The van der Waals surface area contributed by atoms with Gasteiger partial charge < -0.3 is 25.1 Å². The molecule has 38 heavy (non-hydrogen) atoms. The number of fused-ring (bicyclic) bond motifs is 3. The molecule has 3 aromatic heterocycles. The van der Waals surface area contributed by atoms with Gasteiger partial charge >= 0.3 is 0 Å². The number of aryl methyl sites for hydroxylation is 1. The molecule has 0 bridgehead atoms. The molecular weight excluding hydrogens is 504 g/mol. The zero-order chi connectivity index (χ0) is 27.4. The summed E-state index contributed by atoms with van der Waals surface area (Å²) in [6, 6.07) is 13.1. The summed E-state index contributed by atoms with van der Waals surface area (Å²) in [5.41, 5.74) is 3.32. The van der Waals surface area contributed by atoms with Crippen LogP contribution < -0.4 is 9.47 Å². The van der Waals surface area contributed by atoms with Crippen LogP contribution in [0.15, 0.2) is 48.5 Å². The highest BCUT2D eigenvalue weighted by atomic mass is 16.6. The van der Waals surface area contributed by atoms with Crippen LogP contribution in [-0.4, -0.2) is 80.2 Å². The van der Waals surface area contributed by atoms with Crippen LogP contribution in [0.5, 0.6) is 11.5 Å². The average Bonchev–Trinajstić information content (AvgIpc) is 3.61. The molecule has 0 spiro atoms. The maximum absolute atomic E-state index is 10.6. The van der Waals surface area contributed by atoms with E-state index in [2.05, 4.69) is 30.9 Å². The quantitative estimate of drug-likeness (QED) is 0.172.